The zero-order chi connectivity index (χ0) is 15.2. The normalized spacial score (nSPS) is 16.4. The number of amides is 1. The van der Waals surface area contributed by atoms with Crippen LogP contribution in [0.25, 0.3) is 0 Å². The van der Waals surface area contributed by atoms with Crippen LogP contribution in [0.15, 0.2) is 18.2 Å². The largest absolute Gasteiger partial charge is 0.493 e. The number of carbonyl (C=O) groups excluding carboxylic acids is 1. The van der Waals surface area contributed by atoms with Gasteiger partial charge in [0.2, 0.25) is 0 Å². The standard InChI is InChI=1S/C16H24N2O3/c1-12(16(19)18-8-4-3-5-9-18)21-15-10-13(11-17)6-7-14(15)20-2/h6-7,10,12H,3-5,8-9,11,17H2,1-2H3. The Kier molecular flexibility index (Phi) is 5.44. The summed E-state index contributed by atoms with van der Waals surface area (Å²) in [5, 5.41) is 0. The topological polar surface area (TPSA) is 64.8 Å². The van der Waals surface area contributed by atoms with Crippen LogP contribution in [0, 0.1) is 0 Å². The minimum absolute atomic E-state index is 0.0369. The van der Waals surface area contributed by atoms with Gasteiger partial charge in [-0.05, 0) is 43.9 Å². The molecule has 1 amide bonds. The SMILES string of the molecule is COc1ccc(CN)cc1OC(C)C(=O)N1CCCCC1. The number of hydrogen-bond donors (Lipinski definition) is 1. The van der Waals surface area contributed by atoms with Crippen LogP contribution in [-0.2, 0) is 11.3 Å². The first-order chi connectivity index (χ1) is 10.2. The summed E-state index contributed by atoms with van der Waals surface area (Å²) in [7, 11) is 1.58. The molecule has 0 radical (unpaired) electrons. The molecule has 0 spiro atoms. The molecule has 0 bridgehead atoms. The quantitative estimate of drug-likeness (QED) is 0.900. The van der Waals surface area contributed by atoms with E-state index in [1.54, 1.807) is 14.0 Å². The summed E-state index contributed by atoms with van der Waals surface area (Å²) >= 11 is 0. The van der Waals surface area contributed by atoms with Crippen LogP contribution in [0.3, 0.4) is 0 Å². The van der Waals surface area contributed by atoms with Crippen LogP contribution in [0.2, 0.25) is 0 Å². The Bertz CT molecular complexity index is 484. The maximum Gasteiger partial charge on any atom is 0.263 e. The molecule has 1 unspecified atom stereocenters. The zero-order valence-electron chi connectivity index (χ0n) is 12.8. The highest BCUT2D eigenvalue weighted by Gasteiger charge is 2.24. The van der Waals surface area contributed by atoms with Crippen molar-refractivity contribution in [3.8, 4) is 11.5 Å². The molecule has 0 saturated carbocycles. The van der Waals surface area contributed by atoms with E-state index in [0.717, 1.165) is 31.5 Å². The van der Waals surface area contributed by atoms with E-state index in [9.17, 15) is 4.79 Å². The lowest BCUT2D eigenvalue weighted by Gasteiger charge is -2.29. The van der Waals surface area contributed by atoms with Gasteiger partial charge in [-0.2, -0.15) is 0 Å². The Morgan fingerprint density at radius 2 is 2.00 bits per heavy atom. The summed E-state index contributed by atoms with van der Waals surface area (Å²) in [6, 6.07) is 5.54. The van der Waals surface area contributed by atoms with E-state index in [1.807, 2.05) is 23.1 Å². The number of methoxy groups -OCH3 is 1. The molecule has 21 heavy (non-hydrogen) atoms. The first kappa shape index (κ1) is 15.6. The highest BCUT2D eigenvalue weighted by molar-refractivity contribution is 5.81. The summed E-state index contributed by atoms with van der Waals surface area (Å²) < 4.78 is 11.1. The van der Waals surface area contributed by atoms with Gasteiger partial charge in [-0.3, -0.25) is 4.79 Å². The molecule has 1 aliphatic rings. The van der Waals surface area contributed by atoms with E-state index in [1.165, 1.54) is 6.42 Å². The molecule has 1 aromatic rings. The first-order valence-electron chi connectivity index (χ1n) is 7.48. The molecule has 1 aliphatic heterocycles. The average molecular weight is 292 g/mol. The van der Waals surface area contributed by atoms with Crippen LogP contribution in [0.5, 0.6) is 11.5 Å². The van der Waals surface area contributed by atoms with Gasteiger partial charge in [-0.1, -0.05) is 6.07 Å². The van der Waals surface area contributed by atoms with Gasteiger partial charge < -0.3 is 20.1 Å². The number of nitrogens with two attached hydrogens (primary N) is 1. The monoisotopic (exact) mass is 292 g/mol. The van der Waals surface area contributed by atoms with Gasteiger partial charge in [-0.15, -0.1) is 0 Å². The Labute approximate surface area is 126 Å². The molecule has 0 aromatic heterocycles. The molecule has 1 aromatic carbocycles. The van der Waals surface area contributed by atoms with Gasteiger partial charge >= 0.3 is 0 Å². The second kappa shape index (κ2) is 7.31. The first-order valence-corrected chi connectivity index (χ1v) is 7.48. The zero-order valence-corrected chi connectivity index (χ0v) is 12.8. The van der Waals surface area contributed by atoms with E-state index in [4.69, 9.17) is 15.2 Å². The third-order valence-electron chi connectivity index (χ3n) is 3.78. The molecule has 5 heteroatoms. The molecule has 1 heterocycles. The Morgan fingerprint density at radius 1 is 1.29 bits per heavy atom. The van der Waals surface area contributed by atoms with Crippen LogP contribution in [-0.4, -0.2) is 37.1 Å². The number of carbonyl (C=O) groups is 1. The molecular weight excluding hydrogens is 268 g/mol. The van der Waals surface area contributed by atoms with Crippen molar-refractivity contribution in [1.82, 2.24) is 4.90 Å². The van der Waals surface area contributed by atoms with Gasteiger partial charge in [0.15, 0.2) is 17.6 Å². The lowest BCUT2D eigenvalue weighted by atomic mass is 10.1. The second-order valence-corrected chi connectivity index (χ2v) is 5.34. The third kappa shape index (κ3) is 3.88. The Balaban J connectivity index is 2.07. The summed E-state index contributed by atoms with van der Waals surface area (Å²) in [5.74, 6) is 1.22. The fourth-order valence-electron chi connectivity index (χ4n) is 2.55. The molecule has 1 fully saturated rings. The average Bonchev–Trinajstić information content (AvgIpc) is 2.54. The minimum Gasteiger partial charge on any atom is -0.493 e. The van der Waals surface area contributed by atoms with Gasteiger partial charge in [0.25, 0.3) is 5.91 Å². The van der Waals surface area contributed by atoms with Crippen molar-refractivity contribution in [1.29, 1.82) is 0 Å². The molecule has 0 aliphatic carbocycles. The number of ether oxygens (including phenoxy) is 2. The molecule has 2 rings (SSSR count). The van der Waals surface area contributed by atoms with Gasteiger partial charge in [0, 0.05) is 19.6 Å². The van der Waals surface area contributed by atoms with E-state index < -0.39 is 6.10 Å². The number of hydrogen-bond acceptors (Lipinski definition) is 4. The van der Waals surface area contributed by atoms with Crippen LogP contribution < -0.4 is 15.2 Å². The molecule has 2 N–H and O–H groups in total. The maximum atomic E-state index is 12.4. The van der Waals surface area contributed by atoms with Gasteiger partial charge in [0.05, 0.1) is 7.11 Å². The lowest BCUT2D eigenvalue weighted by Crippen LogP contribution is -2.43. The number of rotatable bonds is 5. The van der Waals surface area contributed by atoms with E-state index >= 15 is 0 Å². The van der Waals surface area contributed by atoms with Crippen molar-refractivity contribution < 1.29 is 14.3 Å². The number of nitrogens with zero attached hydrogens (tertiary/aromatic N) is 1. The summed E-state index contributed by atoms with van der Waals surface area (Å²) in [6.45, 7) is 3.86. The number of benzene rings is 1. The van der Waals surface area contributed by atoms with Gasteiger partial charge in [-0.25, -0.2) is 0 Å². The molecule has 5 nitrogen and oxygen atoms in total. The summed E-state index contributed by atoms with van der Waals surface area (Å²) in [6.07, 6.45) is 2.82. The second-order valence-electron chi connectivity index (χ2n) is 5.34. The summed E-state index contributed by atoms with van der Waals surface area (Å²) in [5.41, 5.74) is 6.59. The van der Waals surface area contributed by atoms with Crippen molar-refractivity contribution in [2.75, 3.05) is 20.2 Å². The van der Waals surface area contributed by atoms with E-state index in [-0.39, 0.29) is 5.91 Å². The smallest absolute Gasteiger partial charge is 0.263 e. The highest BCUT2D eigenvalue weighted by atomic mass is 16.5. The number of likely N-dealkylation sites (tertiary alicyclic amines) is 1. The highest BCUT2D eigenvalue weighted by Crippen LogP contribution is 2.29. The van der Waals surface area contributed by atoms with Crippen molar-refractivity contribution >= 4 is 5.91 Å². The minimum atomic E-state index is -0.523. The van der Waals surface area contributed by atoms with Crippen molar-refractivity contribution in [3.63, 3.8) is 0 Å². The van der Waals surface area contributed by atoms with Crippen LogP contribution >= 0.6 is 0 Å². The van der Waals surface area contributed by atoms with Crippen molar-refractivity contribution in [3.05, 3.63) is 23.8 Å². The third-order valence-corrected chi connectivity index (χ3v) is 3.78. The Hall–Kier alpha value is -1.75. The van der Waals surface area contributed by atoms with Crippen molar-refractivity contribution in [2.24, 2.45) is 5.73 Å². The Morgan fingerprint density at radius 3 is 2.62 bits per heavy atom. The summed E-state index contributed by atoms with van der Waals surface area (Å²) in [4.78, 5) is 14.3. The van der Waals surface area contributed by atoms with E-state index in [2.05, 4.69) is 0 Å². The lowest BCUT2D eigenvalue weighted by molar-refractivity contribution is -0.138. The molecule has 1 saturated heterocycles. The molecule has 116 valence electrons. The van der Waals surface area contributed by atoms with E-state index in [0.29, 0.717) is 18.0 Å². The molecule has 1 atom stereocenters. The maximum absolute atomic E-state index is 12.4. The van der Waals surface area contributed by atoms with Crippen LogP contribution in [0.1, 0.15) is 31.7 Å². The van der Waals surface area contributed by atoms with Crippen LogP contribution in [0.4, 0.5) is 0 Å². The molecular formula is C16H24N2O3. The fraction of sp³-hybridized carbons (Fsp3) is 0.562. The predicted octanol–water partition coefficient (Wildman–Crippen LogP) is 1.93. The van der Waals surface area contributed by atoms with Gasteiger partial charge in [0.1, 0.15) is 0 Å². The fourth-order valence-corrected chi connectivity index (χ4v) is 2.55. The van der Waals surface area contributed by atoms with Crippen molar-refractivity contribution in [2.45, 2.75) is 38.8 Å². The predicted molar refractivity (Wildman–Crippen MR) is 81.4 cm³/mol. The number of piperidine rings is 1.